The first kappa shape index (κ1) is 61.1. The molecule has 0 bridgehead atoms. The van der Waals surface area contributed by atoms with Gasteiger partial charge in [-0.15, -0.1) is 0 Å². The van der Waals surface area contributed by atoms with Gasteiger partial charge in [-0.2, -0.15) is 0 Å². The highest BCUT2D eigenvalue weighted by molar-refractivity contribution is 5.98. The third-order valence-corrected chi connectivity index (χ3v) is 14.2. The summed E-state index contributed by atoms with van der Waals surface area (Å²) in [5.41, 5.74) is 5.33. The number of carbonyl (C=O) groups is 8. The summed E-state index contributed by atoms with van der Waals surface area (Å²) in [5.74, 6) is -7.65. The summed E-state index contributed by atoms with van der Waals surface area (Å²) >= 11 is 0. The molecule has 24 heteroatoms. The first-order chi connectivity index (χ1) is 34.9. The zero-order valence-corrected chi connectivity index (χ0v) is 42.8. The minimum atomic E-state index is -2.27. The summed E-state index contributed by atoms with van der Waals surface area (Å²) in [6.07, 6.45) is -7.35. The van der Waals surface area contributed by atoms with Gasteiger partial charge in [0.15, 0.2) is 6.23 Å². The molecular formula is C50H80N8O16. The quantitative estimate of drug-likeness (QED) is 0.0610. The molecule has 3 aliphatic rings. The van der Waals surface area contributed by atoms with E-state index in [1.807, 2.05) is 0 Å². The number of phenols is 1. The third kappa shape index (κ3) is 17.6. The van der Waals surface area contributed by atoms with Crippen LogP contribution in [0.5, 0.6) is 5.75 Å². The number of aliphatic hydroxyl groups is 7. The number of aliphatic hydroxyl groups excluding tert-OH is 7. The summed E-state index contributed by atoms with van der Waals surface area (Å²) < 4.78 is 0. The molecule has 1 aromatic carbocycles. The van der Waals surface area contributed by atoms with E-state index in [4.69, 9.17) is 5.73 Å². The summed E-state index contributed by atoms with van der Waals surface area (Å²) in [4.78, 5) is 112. The molecule has 3 heterocycles. The first-order valence-electron chi connectivity index (χ1n) is 25.9. The molecule has 8 amide bonds. The van der Waals surface area contributed by atoms with Gasteiger partial charge < -0.3 is 83.0 Å². The highest BCUT2D eigenvalue weighted by Crippen LogP contribution is 2.26. The minimum absolute atomic E-state index is 0.0603. The SMILES string of the molecule is CCC(C)CC(C)CCCCCCCCC(=O)N[C@H]1C[C@@H](O)[C@@H](O)NC(=O)[C@@H]2[C@@H](O)CCN2C(=O)[C@H](CCC(N)=O)NC(=O)[C@H]([C@H](O)[C@@H](O)c2ccc(O)cc2)NC(=O)[C@@H]2C[C@@H](O)CN2C(=O)[C@H]([C@@H](C)O)NC1=O. The Morgan fingerprint density at radius 2 is 1.36 bits per heavy atom. The Labute approximate surface area is 431 Å². The van der Waals surface area contributed by atoms with Crippen LogP contribution in [-0.4, -0.2) is 184 Å². The van der Waals surface area contributed by atoms with Crippen LogP contribution in [-0.2, 0) is 38.4 Å². The van der Waals surface area contributed by atoms with Gasteiger partial charge in [0.2, 0.25) is 47.3 Å². The molecule has 3 aliphatic heterocycles. The number of unbranched alkanes of at least 4 members (excludes halogenated alkanes) is 5. The van der Waals surface area contributed by atoms with Crippen LogP contribution >= 0.6 is 0 Å². The fourth-order valence-corrected chi connectivity index (χ4v) is 9.73. The zero-order valence-electron chi connectivity index (χ0n) is 42.8. The number of nitrogens with zero attached hydrogens (tertiary/aromatic N) is 2. The average molecular weight is 1050 g/mol. The molecule has 3 fully saturated rings. The number of nitrogens with two attached hydrogens (primary N) is 1. The fraction of sp³-hybridized carbons (Fsp3) is 0.720. The van der Waals surface area contributed by atoms with Gasteiger partial charge in [-0.1, -0.05) is 77.8 Å². The Kier molecular flexibility index (Phi) is 23.9. The van der Waals surface area contributed by atoms with Crippen molar-refractivity contribution in [1.82, 2.24) is 36.4 Å². The normalized spacial score (nSPS) is 28.8. The second kappa shape index (κ2) is 29.0. The van der Waals surface area contributed by atoms with Crippen molar-refractivity contribution in [2.45, 2.75) is 203 Å². The Morgan fingerprint density at radius 1 is 0.730 bits per heavy atom. The van der Waals surface area contributed by atoms with Crippen molar-refractivity contribution < 1.29 is 79.2 Å². The summed E-state index contributed by atoms with van der Waals surface area (Å²) in [7, 11) is 0. The summed E-state index contributed by atoms with van der Waals surface area (Å²) in [5, 5.41) is 99.5. The second-order valence-electron chi connectivity index (χ2n) is 20.4. The van der Waals surface area contributed by atoms with E-state index < -0.39 is 159 Å². The fourth-order valence-electron chi connectivity index (χ4n) is 9.73. The average Bonchev–Trinajstić information content (AvgIpc) is 3.94. The van der Waals surface area contributed by atoms with Crippen molar-refractivity contribution in [2.75, 3.05) is 13.1 Å². The van der Waals surface area contributed by atoms with Crippen molar-refractivity contribution in [3.63, 3.8) is 0 Å². The number of hydrogen-bond donors (Lipinski definition) is 14. The Hall–Kier alpha value is -5.50. The molecule has 0 aliphatic carbocycles. The summed E-state index contributed by atoms with van der Waals surface area (Å²) in [6.45, 7) is 6.95. The summed E-state index contributed by atoms with van der Waals surface area (Å²) in [6, 6.07) is -6.40. The van der Waals surface area contributed by atoms with Crippen LogP contribution in [0.4, 0.5) is 0 Å². The molecule has 74 heavy (non-hydrogen) atoms. The Bertz CT molecular complexity index is 2070. The molecule has 0 saturated carbocycles. The van der Waals surface area contributed by atoms with Gasteiger partial charge in [0.05, 0.1) is 18.3 Å². The Balaban J connectivity index is 1.67. The van der Waals surface area contributed by atoms with E-state index in [0.717, 1.165) is 67.4 Å². The lowest BCUT2D eigenvalue weighted by molar-refractivity contribution is -0.147. The molecule has 0 aromatic heterocycles. The van der Waals surface area contributed by atoms with E-state index in [-0.39, 0.29) is 30.7 Å². The van der Waals surface area contributed by atoms with Crippen LogP contribution < -0.4 is 32.3 Å². The number of hydrogen-bond acceptors (Lipinski definition) is 16. The highest BCUT2D eigenvalue weighted by atomic mass is 16.3. The van der Waals surface area contributed by atoms with E-state index in [0.29, 0.717) is 24.7 Å². The lowest BCUT2D eigenvalue weighted by Gasteiger charge is -2.33. The number of rotatable bonds is 20. The molecule has 0 spiro atoms. The van der Waals surface area contributed by atoms with E-state index >= 15 is 0 Å². The van der Waals surface area contributed by atoms with Gasteiger partial charge in [0.1, 0.15) is 60.3 Å². The standard InChI is InChI=1S/C50H80N8O16/c1-5-26(2)22-27(3)12-10-8-6-7-9-11-13-38(65)52-33-24-36(63)46(70)56-48(72)41-35(62)20-21-57(41)49(73)32(18-19-37(51)64)53-47(71)40(43(67)42(66)29-14-16-30(60)17-15-29)55-45(69)34-23-31(61)25-58(34)50(74)39(28(4)59)54-44(33)68/h14-17,26-28,31-36,39-43,46,59-63,66-67,70H,5-13,18-25H2,1-4H3,(H2,51,64)(H,52,65)(H,53,71)(H,54,68)(H,55,69)(H,56,72)/t26?,27?,28-,31-,32+,33+,34+,35+,36-,39+,40+,41+,42+,43+,46-/m1/s1. The molecular weight excluding hydrogens is 969 g/mol. The molecule has 0 radical (unpaired) electrons. The molecule has 15 N–H and O–H groups in total. The monoisotopic (exact) mass is 1050 g/mol. The van der Waals surface area contributed by atoms with Crippen molar-refractivity contribution in [1.29, 1.82) is 0 Å². The predicted octanol–water partition coefficient (Wildman–Crippen LogP) is -2.31. The number of carbonyl (C=O) groups excluding carboxylic acids is 8. The van der Waals surface area contributed by atoms with E-state index in [2.05, 4.69) is 47.4 Å². The van der Waals surface area contributed by atoms with Gasteiger partial charge in [-0.25, -0.2) is 0 Å². The zero-order chi connectivity index (χ0) is 55.0. The van der Waals surface area contributed by atoms with Crippen LogP contribution in [0.1, 0.15) is 136 Å². The molecule has 4 rings (SSSR count). The molecule has 416 valence electrons. The van der Waals surface area contributed by atoms with Crippen molar-refractivity contribution >= 4 is 47.3 Å². The molecule has 3 saturated heterocycles. The van der Waals surface area contributed by atoms with Gasteiger partial charge in [0.25, 0.3) is 0 Å². The van der Waals surface area contributed by atoms with Crippen LogP contribution in [0.25, 0.3) is 0 Å². The van der Waals surface area contributed by atoms with Gasteiger partial charge >= 0.3 is 0 Å². The van der Waals surface area contributed by atoms with E-state index in [1.54, 1.807) is 0 Å². The van der Waals surface area contributed by atoms with Crippen LogP contribution in [0.15, 0.2) is 24.3 Å². The Morgan fingerprint density at radius 3 is 2.00 bits per heavy atom. The van der Waals surface area contributed by atoms with Crippen molar-refractivity contribution in [3.8, 4) is 5.75 Å². The molecule has 15 atom stereocenters. The number of primary amides is 1. The van der Waals surface area contributed by atoms with Gasteiger partial charge in [-0.3, -0.25) is 38.4 Å². The smallest absolute Gasteiger partial charge is 0.248 e. The molecule has 2 unspecified atom stereocenters. The maximum Gasteiger partial charge on any atom is 0.248 e. The highest BCUT2D eigenvalue weighted by Gasteiger charge is 2.48. The number of amides is 8. The number of phenolic OH excluding ortho intramolecular Hbond substituents is 1. The van der Waals surface area contributed by atoms with Crippen LogP contribution in [0, 0.1) is 11.8 Å². The van der Waals surface area contributed by atoms with Crippen molar-refractivity contribution in [3.05, 3.63) is 29.8 Å². The molecule has 24 nitrogen and oxygen atoms in total. The lowest BCUT2D eigenvalue weighted by atomic mass is 9.91. The van der Waals surface area contributed by atoms with Crippen LogP contribution in [0.2, 0.25) is 0 Å². The first-order valence-corrected chi connectivity index (χ1v) is 25.9. The third-order valence-electron chi connectivity index (χ3n) is 14.2. The number of fused-ring (bicyclic) bond motifs is 2. The number of benzene rings is 1. The van der Waals surface area contributed by atoms with Crippen LogP contribution in [0.3, 0.4) is 0 Å². The predicted molar refractivity (Wildman–Crippen MR) is 264 cm³/mol. The lowest BCUT2D eigenvalue weighted by Crippen LogP contribution is -2.63. The minimum Gasteiger partial charge on any atom is -0.508 e. The largest absolute Gasteiger partial charge is 0.508 e. The second-order valence-corrected chi connectivity index (χ2v) is 20.4. The maximum atomic E-state index is 14.3. The molecule has 1 aromatic rings. The number of aromatic hydroxyl groups is 1. The maximum absolute atomic E-state index is 14.3. The van der Waals surface area contributed by atoms with Gasteiger partial charge in [-0.05, 0) is 62.1 Å². The van der Waals surface area contributed by atoms with E-state index in [1.165, 1.54) is 18.6 Å². The van der Waals surface area contributed by atoms with E-state index in [9.17, 15) is 79.2 Å². The van der Waals surface area contributed by atoms with Crippen molar-refractivity contribution in [2.24, 2.45) is 17.6 Å². The topological polar surface area (TPSA) is 391 Å². The van der Waals surface area contributed by atoms with Gasteiger partial charge in [0, 0.05) is 38.8 Å². The number of nitrogens with one attached hydrogen (secondary N) is 5.